The molecule has 4 atom stereocenters. The molecule has 0 saturated heterocycles. The fraction of sp³-hybridized carbons (Fsp3) is 0.909. The molecule has 0 radical (unpaired) electrons. The van der Waals surface area contributed by atoms with Crippen LogP contribution in [0.15, 0.2) is 0 Å². The minimum Gasteiger partial charge on any atom is -0.391 e. The number of halogens is 2. The van der Waals surface area contributed by atoms with Gasteiger partial charge in [-0.3, -0.25) is 4.79 Å². The van der Waals surface area contributed by atoms with Crippen LogP contribution < -0.4 is 5.73 Å². The van der Waals surface area contributed by atoms with E-state index in [1.807, 2.05) is 13.8 Å². The van der Waals surface area contributed by atoms with Crippen LogP contribution in [0.1, 0.15) is 33.1 Å². The number of fused-ring (bicyclic) bond motifs is 2. The molecular weight excluding hydrogens is 338 g/mol. The van der Waals surface area contributed by atoms with Gasteiger partial charge in [0, 0.05) is 16.7 Å². The molecule has 2 saturated carbocycles. The molecule has 0 spiro atoms. The highest BCUT2D eigenvalue weighted by Crippen LogP contribution is 2.72. The number of aliphatic hydroxyl groups excluding tert-OH is 1. The zero-order valence-corrected chi connectivity index (χ0v) is 12.6. The van der Waals surface area contributed by atoms with Crippen molar-refractivity contribution in [2.75, 3.05) is 0 Å². The quantitative estimate of drug-likeness (QED) is 0.744. The first-order chi connectivity index (χ1) is 7.18. The highest BCUT2D eigenvalue weighted by molar-refractivity contribution is 9.12. The van der Waals surface area contributed by atoms with Gasteiger partial charge in [-0.2, -0.15) is 0 Å². The lowest BCUT2D eigenvalue weighted by Gasteiger charge is -2.45. The Morgan fingerprint density at radius 2 is 2.06 bits per heavy atom. The highest BCUT2D eigenvalue weighted by atomic mass is 79.9. The summed E-state index contributed by atoms with van der Waals surface area (Å²) in [5.74, 6) is -0.289. The molecule has 0 heterocycles. The van der Waals surface area contributed by atoms with E-state index in [2.05, 4.69) is 31.9 Å². The van der Waals surface area contributed by atoms with Crippen molar-refractivity contribution in [2.45, 2.75) is 48.4 Å². The Morgan fingerprint density at radius 1 is 1.50 bits per heavy atom. The maximum atomic E-state index is 11.3. The fourth-order valence-electron chi connectivity index (χ4n) is 3.64. The number of amides is 1. The monoisotopic (exact) mass is 353 g/mol. The van der Waals surface area contributed by atoms with Crippen molar-refractivity contribution in [1.82, 2.24) is 0 Å². The van der Waals surface area contributed by atoms with Crippen molar-refractivity contribution in [3.63, 3.8) is 0 Å². The first-order valence-electron chi connectivity index (χ1n) is 5.48. The Balaban J connectivity index is 2.48. The molecule has 2 aliphatic carbocycles. The summed E-state index contributed by atoms with van der Waals surface area (Å²) in [6.45, 7) is 4.05. The molecular formula is C11H17Br2NO2. The molecule has 0 aromatic rings. The number of hydrogen-bond acceptors (Lipinski definition) is 2. The Hall–Kier alpha value is 0.390. The molecule has 16 heavy (non-hydrogen) atoms. The zero-order chi connectivity index (χ0) is 12.4. The molecule has 3 nitrogen and oxygen atoms in total. The van der Waals surface area contributed by atoms with Gasteiger partial charge in [0.25, 0.3) is 0 Å². The summed E-state index contributed by atoms with van der Waals surface area (Å²) in [7, 11) is 0. The maximum absolute atomic E-state index is 11.3. The molecule has 92 valence electrons. The minimum absolute atomic E-state index is 0.0880. The summed E-state index contributed by atoms with van der Waals surface area (Å²) in [6, 6.07) is 0. The molecule has 2 fully saturated rings. The average Bonchev–Trinajstić information content (AvgIpc) is 2.46. The van der Waals surface area contributed by atoms with Crippen LogP contribution in [0.25, 0.3) is 0 Å². The topological polar surface area (TPSA) is 63.3 Å². The Labute approximate surface area is 112 Å². The Kier molecular flexibility index (Phi) is 2.77. The second-order valence-corrected chi connectivity index (χ2v) is 8.10. The first kappa shape index (κ1) is 12.8. The summed E-state index contributed by atoms with van der Waals surface area (Å²) in [6.07, 6.45) is 1.67. The van der Waals surface area contributed by atoms with Gasteiger partial charge in [0.1, 0.15) is 0 Å². The van der Waals surface area contributed by atoms with Crippen LogP contribution in [-0.4, -0.2) is 26.3 Å². The lowest BCUT2D eigenvalue weighted by molar-refractivity contribution is -0.123. The van der Waals surface area contributed by atoms with Gasteiger partial charge in [0.15, 0.2) is 0 Å². The second-order valence-electron chi connectivity index (χ2n) is 5.71. The smallest absolute Gasteiger partial charge is 0.218 e. The van der Waals surface area contributed by atoms with Crippen LogP contribution in [0.4, 0.5) is 0 Å². The van der Waals surface area contributed by atoms with E-state index in [9.17, 15) is 9.90 Å². The van der Waals surface area contributed by atoms with Gasteiger partial charge in [0.2, 0.25) is 5.91 Å². The van der Waals surface area contributed by atoms with Gasteiger partial charge in [-0.05, 0) is 18.3 Å². The van der Waals surface area contributed by atoms with Crippen molar-refractivity contribution >= 4 is 37.8 Å². The van der Waals surface area contributed by atoms with Gasteiger partial charge in [0.05, 0.1) is 10.4 Å². The number of alkyl halides is 2. The van der Waals surface area contributed by atoms with Crippen molar-refractivity contribution in [1.29, 1.82) is 0 Å². The predicted octanol–water partition coefficient (Wildman–Crippen LogP) is 1.94. The Bertz CT molecular complexity index is 347. The van der Waals surface area contributed by atoms with Gasteiger partial charge in [-0.25, -0.2) is 0 Å². The summed E-state index contributed by atoms with van der Waals surface area (Å²) < 4.78 is -0.314. The molecule has 2 bridgehead atoms. The van der Waals surface area contributed by atoms with Crippen molar-refractivity contribution in [3.05, 3.63) is 0 Å². The van der Waals surface area contributed by atoms with Crippen molar-refractivity contribution in [2.24, 2.45) is 16.6 Å². The third-order valence-electron chi connectivity index (χ3n) is 4.77. The molecule has 0 aromatic carbocycles. The number of rotatable bonds is 2. The number of primary amides is 1. The van der Waals surface area contributed by atoms with Gasteiger partial charge in [-0.1, -0.05) is 45.7 Å². The lowest BCUT2D eigenvalue weighted by atomic mass is 9.62. The molecule has 4 unspecified atom stereocenters. The molecule has 0 aromatic heterocycles. The molecule has 0 aliphatic heterocycles. The van der Waals surface area contributed by atoms with E-state index < -0.39 is 6.10 Å². The van der Waals surface area contributed by atoms with Crippen molar-refractivity contribution < 1.29 is 9.90 Å². The molecule has 2 rings (SSSR count). The number of nitrogens with two attached hydrogens (primary N) is 1. The SMILES string of the molecule is CC1(C)C(O)C2(Br)CCC1(CC(N)=O)C2Br. The predicted molar refractivity (Wildman–Crippen MR) is 69.6 cm³/mol. The summed E-state index contributed by atoms with van der Waals surface area (Å²) in [4.78, 5) is 11.4. The zero-order valence-electron chi connectivity index (χ0n) is 9.46. The standard InChI is InChI=1S/C11H17Br2NO2/c1-9(2)8(16)11(13)4-3-10(9,7(11)12)5-6(14)15/h7-8,16H,3-5H2,1-2H3,(H2,14,15). The van der Waals surface area contributed by atoms with E-state index in [0.717, 1.165) is 12.8 Å². The summed E-state index contributed by atoms with van der Waals surface area (Å²) in [5.41, 5.74) is 4.82. The fourth-order valence-corrected chi connectivity index (χ4v) is 6.31. The van der Waals surface area contributed by atoms with Crippen LogP contribution in [-0.2, 0) is 4.79 Å². The summed E-state index contributed by atoms with van der Waals surface area (Å²) in [5, 5.41) is 10.4. The van der Waals surface area contributed by atoms with Crippen LogP contribution in [0.3, 0.4) is 0 Å². The number of carbonyl (C=O) groups excluding carboxylic acids is 1. The van der Waals surface area contributed by atoms with E-state index in [4.69, 9.17) is 5.73 Å². The number of hydrogen-bond donors (Lipinski definition) is 2. The highest BCUT2D eigenvalue weighted by Gasteiger charge is 2.73. The van der Waals surface area contributed by atoms with Crippen LogP contribution in [0.5, 0.6) is 0 Å². The third-order valence-corrected chi connectivity index (χ3v) is 8.37. The minimum atomic E-state index is -0.461. The van der Waals surface area contributed by atoms with Crippen LogP contribution >= 0.6 is 31.9 Å². The first-order valence-corrected chi connectivity index (χ1v) is 7.19. The maximum Gasteiger partial charge on any atom is 0.218 e. The van der Waals surface area contributed by atoms with E-state index in [1.54, 1.807) is 0 Å². The molecule has 2 aliphatic rings. The second kappa shape index (κ2) is 3.45. The number of aliphatic hydroxyl groups is 1. The van der Waals surface area contributed by atoms with E-state index in [-0.39, 0.29) is 25.9 Å². The van der Waals surface area contributed by atoms with Crippen LogP contribution in [0.2, 0.25) is 0 Å². The van der Waals surface area contributed by atoms with E-state index in [1.165, 1.54) is 0 Å². The lowest BCUT2D eigenvalue weighted by Crippen LogP contribution is -2.47. The van der Waals surface area contributed by atoms with E-state index in [0.29, 0.717) is 6.42 Å². The molecule has 1 amide bonds. The normalized spacial score (nSPS) is 49.6. The largest absolute Gasteiger partial charge is 0.391 e. The van der Waals surface area contributed by atoms with Gasteiger partial charge >= 0.3 is 0 Å². The summed E-state index contributed by atoms with van der Waals surface area (Å²) >= 11 is 7.34. The third kappa shape index (κ3) is 1.25. The van der Waals surface area contributed by atoms with Gasteiger partial charge in [-0.15, -0.1) is 0 Å². The van der Waals surface area contributed by atoms with E-state index >= 15 is 0 Å². The average molecular weight is 355 g/mol. The van der Waals surface area contributed by atoms with Crippen LogP contribution in [0, 0.1) is 10.8 Å². The van der Waals surface area contributed by atoms with Crippen molar-refractivity contribution in [3.8, 4) is 0 Å². The Morgan fingerprint density at radius 3 is 2.44 bits per heavy atom. The number of carbonyl (C=O) groups is 1. The van der Waals surface area contributed by atoms with Gasteiger partial charge < -0.3 is 10.8 Å². The molecule has 5 heteroatoms. The molecule has 3 N–H and O–H groups in total.